The molecule has 1 spiro atoms. The van der Waals surface area contributed by atoms with E-state index in [9.17, 15) is 9.59 Å². The fourth-order valence-corrected chi connectivity index (χ4v) is 9.55. The van der Waals surface area contributed by atoms with Crippen molar-refractivity contribution in [3.05, 3.63) is 0 Å². The van der Waals surface area contributed by atoms with Crippen LogP contribution < -0.4 is 5.32 Å². The Morgan fingerprint density at radius 2 is 0.810 bits per heavy atom. The lowest BCUT2D eigenvalue weighted by Crippen LogP contribution is -2.60. The molecule has 0 aromatic rings. The van der Waals surface area contributed by atoms with E-state index in [1.54, 1.807) is 0 Å². The highest BCUT2D eigenvalue weighted by molar-refractivity contribution is 5.69. The second-order valence-electron chi connectivity index (χ2n) is 19.3. The third kappa shape index (κ3) is 27.7. The first kappa shape index (κ1) is 53.0. The van der Waals surface area contributed by atoms with Crippen molar-refractivity contribution in [2.75, 3.05) is 13.2 Å². The van der Waals surface area contributed by atoms with Crippen molar-refractivity contribution in [1.82, 2.24) is 5.32 Å². The zero-order chi connectivity index (χ0) is 41.8. The number of rotatable bonds is 43. The SMILES string of the molecule is CCCCCCCCC(CCC)OC(=O)CCCCCCCC(CCCCCCCC(=O)OC(CCCCCCCC)CCCCCCCC)NC1CC2(COC2)C1. The van der Waals surface area contributed by atoms with Gasteiger partial charge in [0.05, 0.1) is 13.2 Å². The minimum Gasteiger partial charge on any atom is -0.462 e. The Labute approximate surface area is 361 Å². The Hall–Kier alpha value is -1.14. The van der Waals surface area contributed by atoms with Crippen LogP contribution in [0.25, 0.3) is 0 Å². The molecule has 2 unspecified atom stereocenters. The first-order chi connectivity index (χ1) is 28.4. The van der Waals surface area contributed by atoms with Crippen LogP contribution in [0.4, 0.5) is 0 Å². The van der Waals surface area contributed by atoms with E-state index in [1.165, 1.54) is 180 Å². The number of carbonyl (C=O) groups is 2. The van der Waals surface area contributed by atoms with Crippen LogP contribution in [0.5, 0.6) is 0 Å². The molecule has 0 amide bonds. The molecule has 1 aliphatic heterocycles. The molecule has 1 saturated heterocycles. The van der Waals surface area contributed by atoms with E-state index in [1.807, 2.05) is 0 Å². The van der Waals surface area contributed by atoms with Crippen LogP contribution in [0, 0.1) is 5.41 Å². The minimum absolute atomic E-state index is 0.0232. The molecule has 6 heteroatoms. The Kier molecular flexibility index (Phi) is 33.4. The maximum atomic E-state index is 12.9. The highest BCUT2D eigenvalue weighted by Gasteiger charge is 2.49. The van der Waals surface area contributed by atoms with Crippen LogP contribution in [0.1, 0.15) is 278 Å². The molecule has 58 heavy (non-hydrogen) atoms. The average Bonchev–Trinajstić information content (AvgIpc) is 3.18. The van der Waals surface area contributed by atoms with Crippen LogP contribution in [0.3, 0.4) is 0 Å². The van der Waals surface area contributed by atoms with Crippen molar-refractivity contribution in [2.45, 2.75) is 302 Å². The van der Waals surface area contributed by atoms with Gasteiger partial charge in [-0.2, -0.15) is 0 Å². The second kappa shape index (κ2) is 36.5. The minimum atomic E-state index is 0.0232. The van der Waals surface area contributed by atoms with Crippen molar-refractivity contribution in [3.63, 3.8) is 0 Å². The number of hydrogen-bond donors (Lipinski definition) is 1. The molecule has 0 radical (unpaired) electrons. The van der Waals surface area contributed by atoms with E-state index in [0.717, 1.165) is 71.0 Å². The van der Waals surface area contributed by atoms with E-state index in [4.69, 9.17) is 14.2 Å². The molecule has 342 valence electrons. The number of ether oxygens (including phenoxy) is 3. The van der Waals surface area contributed by atoms with Gasteiger partial charge < -0.3 is 19.5 Å². The first-order valence-corrected chi connectivity index (χ1v) is 26.2. The van der Waals surface area contributed by atoms with Crippen LogP contribution >= 0.6 is 0 Å². The summed E-state index contributed by atoms with van der Waals surface area (Å²) in [5, 5.41) is 4.06. The average molecular weight is 818 g/mol. The third-order valence-electron chi connectivity index (χ3n) is 13.4. The van der Waals surface area contributed by atoms with Crippen molar-refractivity contribution < 1.29 is 23.8 Å². The number of carbonyl (C=O) groups excluding carboxylic acids is 2. The summed E-state index contributed by atoms with van der Waals surface area (Å²) in [6.07, 6.45) is 46.6. The van der Waals surface area contributed by atoms with E-state index >= 15 is 0 Å². The fraction of sp³-hybridized carbons (Fsp3) is 0.962. The molecule has 2 fully saturated rings. The summed E-state index contributed by atoms with van der Waals surface area (Å²) in [7, 11) is 0. The smallest absolute Gasteiger partial charge is 0.306 e. The van der Waals surface area contributed by atoms with Gasteiger partial charge in [-0.05, 0) is 83.5 Å². The molecular weight excluding hydrogens is 719 g/mol. The summed E-state index contributed by atoms with van der Waals surface area (Å²) >= 11 is 0. The summed E-state index contributed by atoms with van der Waals surface area (Å²) in [5.41, 5.74) is 0.498. The first-order valence-electron chi connectivity index (χ1n) is 26.2. The van der Waals surface area contributed by atoms with Crippen molar-refractivity contribution >= 4 is 11.9 Å². The summed E-state index contributed by atoms with van der Waals surface area (Å²) in [4.78, 5) is 25.5. The lowest BCUT2D eigenvalue weighted by molar-refractivity contribution is -0.168. The summed E-state index contributed by atoms with van der Waals surface area (Å²) in [6, 6.07) is 1.26. The van der Waals surface area contributed by atoms with Gasteiger partial charge >= 0.3 is 11.9 Å². The van der Waals surface area contributed by atoms with Crippen LogP contribution in [0.15, 0.2) is 0 Å². The van der Waals surface area contributed by atoms with Gasteiger partial charge in [0.2, 0.25) is 0 Å². The van der Waals surface area contributed by atoms with E-state index in [2.05, 4.69) is 33.0 Å². The standard InChI is InChI=1S/C52H99NO5/c1-5-9-12-15-22-29-37-48(34-8-4)57-50(54)40-32-25-18-20-27-35-46(53-47-42-52(43-47)44-56-45-52)36-28-21-19-26-33-41-51(55)58-49(38-30-23-16-13-10-6-2)39-31-24-17-14-11-7-3/h46-49,53H,5-45H2,1-4H3. The zero-order valence-electron chi connectivity index (χ0n) is 39.3. The van der Waals surface area contributed by atoms with E-state index < -0.39 is 0 Å². The molecule has 2 atom stereocenters. The molecule has 2 rings (SSSR count). The van der Waals surface area contributed by atoms with Gasteiger partial charge in [0.25, 0.3) is 0 Å². The molecule has 1 saturated carbocycles. The molecule has 0 bridgehead atoms. The molecule has 1 heterocycles. The topological polar surface area (TPSA) is 73.9 Å². The molecular formula is C52H99NO5. The van der Waals surface area contributed by atoms with Gasteiger partial charge in [-0.15, -0.1) is 0 Å². The van der Waals surface area contributed by atoms with Gasteiger partial charge in [-0.25, -0.2) is 0 Å². The highest BCUT2D eigenvalue weighted by Crippen LogP contribution is 2.47. The number of esters is 2. The maximum absolute atomic E-state index is 12.9. The predicted molar refractivity (Wildman–Crippen MR) is 246 cm³/mol. The number of hydrogen-bond acceptors (Lipinski definition) is 6. The Balaban J connectivity index is 1.60. The number of unbranched alkanes of at least 4 members (excludes halogenated alkanes) is 23. The molecule has 0 aromatic carbocycles. The quantitative estimate of drug-likeness (QED) is 0.0488. The van der Waals surface area contributed by atoms with Crippen molar-refractivity contribution in [1.29, 1.82) is 0 Å². The van der Waals surface area contributed by atoms with Crippen molar-refractivity contribution in [2.24, 2.45) is 5.41 Å². The normalized spacial score (nSPS) is 16.0. The summed E-state index contributed by atoms with van der Waals surface area (Å²) < 4.78 is 17.6. The van der Waals surface area contributed by atoms with Gasteiger partial charge in [-0.1, -0.05) is 182 Å². The Morgan fingerprint density at radius 3 is 1.17 bits per heavy atom. The van der Waals surface area contributed by atoms with Crippen LogP contribution in [-0.4, -0.2) is 49.4 Å². The third-order valence-corrected chi connectivity index (χ3v) is 13.4. The second-order valence-corrected chi connectivity index (χ2v) is 19.3. The van der Waals surface area contributed by atoms with Gasteiger partial charge in [0.15, 0.2) is 0 Å². The molecule has 6 nitrogen and oxygen atoms in total. The Morgan fingerprint density at radius 1 is 0.466 bits per heavy atom. The lowest BCUT2D eigenvalue weighted by atomic mass is 9.64. The molecule has 0 aromatic heterocycles. The summed E-state index contributed by atoms with van der Waals surface area (Å²) in [5.74, 6) is 0.0655. The Bertz CT molecular complexity index is 928. The molecule has 1 N–H and O–H groups in total. The van der Waals surface area contributed by atoms with E-state index in [-0.39, 0.29) is 24.1 Å². The largest absolute Gasteiger partial charge is 0.462 e. The maximum Gasteiger partial charge on any atom is 0.306 e. The fourth-order valence-electron chi connectivity index (χ4n) is 9.55. The monoisotopic (exact) mass is 818 g/mol. The van der Waals surface area contributed by atoms with Gasteiger partial charge in [0.1, 0.15) is 12.2 Å². The van der Waals surface area contributed by atoms with Crippen LogP contribution in [-0.2, 0) is 23.8 Å². The van der Waals surface area contributed by atoms with Crippen LogP contribution in [0.2, 0.25) is 0 Å². The molecule has 1 aliphatic carbocycles. The number of nitrogens with one attached hydrogen (secondary N) is 1. The van der Waals surface area contributed by atoms with Gasteiger partial charge in [-0.3, -0.25) is 9.59 Å². The molecule has 2 aliphatic rings. The van der Waals surface area contributed by atoms with Crippen molar-refractivity contribution in [3.8, 4) is 0 Å². The van der Waals surface area contributed by atoms with E-state index in [0.29, 0.717) is 30.3 Å². The predicted octanol–water partition coefficient (Wildman–Crippen LogP) is 15.5. The van der Waals surface area contributed by atoms with Gasteiger partial charge in [0, 0.05) is 30.3 Å². The lowest BCUT2D eigenvalue weighted by Gasteiger charge is -2.54. The zero-order valence-corrected chi connectivity index (χ0v) is 39.3. The highest BCUT2D eigenvalue weighted by atomic mass is 16.5. The summed E-state index contributed by atoms with van der Waals surface area (Å²) in [6.45, 7) is 10.9.